The molecular formula is C37H46N4O5. The predicted molar refractivity (Wildman–Crippen MR) is 180 cm³/mol. The van der Waals surface area contributed by atoms with Gasteiger partial charge in [0.05, 0.1) is 6.42 Å². The highest BCUT2D eigenvalue weighted by molar-refractivity contribution is 5.86. The summed E-state index contributed by atoms with van der Waals surface area (Å²) in [7, 11) is 1.75. The van der Waals surface area contributed by atoms with Crippen LogP contribution >= 0.6 is 0 Å². The number of aromatic amines is 1. The maximum Gasteiger partial charge on any atom is 0.410 e. The molecule has 3 N–H and O–H groups in total. The third-order valence-electron chi connectivity index (χ3n) is 7.77. The van der Waals surface area contributed by atoms with E-state index in [2.05, 4.69) is 10.3 Å². The van der Waals surface area contributed by atoms with Crippen LogP contribution in [0, 0.1) is 0 Å². The van der Waals surface area contributed by atoms with Crippen molar-refractivity contribution in [3.05, 3.63) is 108 Å². The first-order chi connectivity index (χ1) is 22.0. The highest BCUT2D eigenvalue weighted by Crippen LogP contribution is 2.21. The molecule has 2 amide bonds. The van der Waals surface area contributed by atoms with E-state index in [0.717, 1.165) is 27.6 Å². The molecule has 3 aromatic carbocycles. The van der Waals surface area contributed by atoms with Gasteiger partial charge < -0.3 is 25.0 Å². The van der Waals surface area contributed by atoms with Crippen LogP contribution in [0.15, 0.2) is 91.1 Å². The Kier molecular flexibility index (Phi) is 12.0. The van der Waals surface area contributed by atoms with E-state index in [4.69, 9.17) is 4.74 Å². The van der Waals surface area contributed by atoms with Crippen molar-refractivity contribution in [3.8, 4) is 0 Å². The summed E-state index contributed by atoms with van der Waals surface area (Å²) < 4.78 is 5.82. The Morgan fingerprint density at radius 2 is 1.52 bits per heavy atom. The summed E-state index contributed by atoms with van der Waals surface area (Å²) in [5.41, 5.74) is 3.21. The average Bonchev–Trinajstić information content (AvgIpc) is 3.42. The number of hydrogen-bond donors (Lipinski definition) is 3. The first-order valence-electron chi connectivity index (χ1n) is 15.8. The zero-order chi connectivity index (χ0) is 33.1. The Bertz CT molecular complexity index is 1560. The average molecular weight is 627 g/mol. The monoisotopic (exact) mass is 626 g/mol. The van der Waals surface area contributed by atoms with Crippen molar-refractivity contribution < 1.29 is 24.2 Å². The van der Waals surface area contributed by atoms with Gasteiger partial charge in [0.1, 0.15) is 11.6 Å². The second-order valence-corrected chi connectivity index (χ2v) is 12.7. The Morgan fingerprint density at radius 3 is 2.17 bits per heavy atom. The van der Waals surface area contributed by atoms with Crippen LogP contribution in [0.5, 0.6) is 0 Å². The van der Waals surface area contributed by atoms with Gasteiger partial charge in [-0.25, -0.2) is 4.79 Å². The summed E-state index contributed by atoms with van der Waals surface area (Å²) in [5, 5.41) is 14.1. The lowest BCUT2D eigenvalue weighted by atomic mass is 10.0. The van der Waals surface area contributed by atoms with Gasteiger partial charge in [0.15, 0.2) is 0 Å². The number of H-pyrrole nitrogens is 1. The fraction of sp³-hybridized carbons (Fsp3) is 0.378. The van der Waals surface area contributed by atoms with Gasteiger partial charge in [-0.05, 0) is 62.9 Å². The Balaban J connectivity index is 1.52. The molecule has 0 bridgehead atoms. The molecule has 4 rings (SSSR count). The maximum absolute atomic E-state index is 14.1. The normalized spacial score (nSPS) is 12.8. The van der Waals surface area contributed by atoms with Crippen LogP contribution in [0.2, 0.25) is 0 Å². The number of benzene rings is 3. The molecule has 0 spiro atoms. The Morgan fingerprint density at radius 1 is 0.891 bits per heavy atom. The molecule has 0 radical (unpaired) electrons. The number of amides is 2. The first-order valence-corrected chi connectivity index (χ1v) is 15.8. The first kappa shape index (κ1) is 34.2. The number of fused-ring (bicyclic) bond motifs is 1. The highest BCUT2D eigenvalue weighted by Gasteiger charge is 2.34. The SMILES string of the molecule is CN(Cc1ccccc1)C(=O)[C@H](Cc1ccccc1)N(CCCN[C@H](CC(=O)O)Cc1c[nH]c2ccccc12)C(=O)OC(C)(C)C. The second-order valence-electron chi connectivity index (χ2n) is 12.7. The molecule has 4 aromatic rings. The van der Waals surface area contributed by atoms with E-state index in [-0.39, 0.29) is 24.9 Å². The Hall–Kier alpha value is -4.63. The molecule has 0 saturated heterocycles. The fourth-order valence-corrected chi connectivity index (χ4v) is 5.60. The standard InChI is InChI=1S/C37H46N4O5/c1-37(2,3)46-36(45)41(21-13-20-38-30(24-34(42)43)23-29-25-39-32-19-12-11-18-31(29)32)33(22-27-14-7-5-8-15-27)35(44)40(4)26-28-16-9-6-10-17-28/h5-12,14-19,25,30,33,38-39H,13,20-24,26H2,1-4H3,(H,42,43)/t30-,33-/m0/s1. The number of ether oxygens (including phenoxy) is 1. The molecule has 0 aliphatic heterocycles. The number of carboxylic acids is 1. The van der Waals surface area contributed by atoms with Crippen LogP contribution in [-0.4, -0.2) is 75.7 Å². The summed E-state index contributed by atoms with van der Waals surface area (Å²) in [4.78, 5) is 46.0. The largest absolute Gasteiger partial charge is 0.481 e. The van der Waals surface area contributed by atoms with Crippen LogP contribution in [0.4, 0.5) is 4.79 Å². The van der Waals surface area contributed by atoms with Gasteiger partial charge in [-0.1, -0.05) is 78.9 Å². The fourth-order valence-electron chi connectivity index (χ4n) is 5.60. The van der Waals surface area contributed by atoms with Crippen molar-refractivity contribution in [2.75, 3.05) is 20.1 Å². The highest BCUT2D eigenvalue weighted by atomic mass is 16.6. The molecule has 0 unspecified atom stereocenters. The summed E-state index contributed by atoms with van der Waals surface area (Å²) in [5.74, 6) is -1.07. The molecule has 2 atom stereocenters. The minimum Gasteiger partial charge on any atom is -0.481 e. The van der Waals surface area contributed by atoms with Gasteiger partial charge in [0, 0.05) is 49.7 Å². The van der Waals surface area contributed by atoms with Gasteiger partial charge in [-0.2, -0.15) is 0 Å². The van der Waals surface area contributed by atoms with Crippen molar-refractivity contribution >= 4 is 28.9 Å². The smallest absolute Gasteiger partial charge is 0.410 e. The lowest BCUT2D eigenvalue weighted by molar-refractivity contribution is -0.138. The molecule has 244 valence electrons. The molecule has 0 fully saturated rings. The van der Waals surface area contributed by atoms with Gasteiger partial charge >= 0.3 is 12.1 Å². The zero-order valence-corrected chi connectivity index (χ0v) is 27.2. The minimum absolute atomic E-state index is 0.0469. The maximum atomic E-state index is 14.1. The van der Waals surface area contributed by atoms with E-state index >= 15 is 0 Å². The molecule has 9 heteroatoms. The molecule has 0 aliphatic carbocycles. The van der Waals surface area contributed by atoms with Crippen LogP contribution < -0.4 is 5.32 Å². The second kappa shape index (κ2) is 16.1. The molecular weight excluding hydrogens is 580 g/mol. The van der Waals surface area contributed by atoms with Crippen molar-refractivity contribution in [2.24, 2.45) is 0 Å². The molecule has 46 heavy (non-hydrogen) atoms. The Labute approximate surface area is 271 Å². The number of carboxylic acid groups (broad SMARTS) is 1. The number of nitrogens with one attached hydrogen (secondary N) is 2. The third kappa shape index (κ3) is 10.2. The summed E-state index contributed by atoms with van der Waals surface area (Å²) in [6, 6.07) is 26.2. The van der Waals surface area contributed by atoms with Gasteiger partial charge in [0.25, 0.3) is 0 Å². The molecule has 0 aliphatic rings. The lowest BCUT2D eigenvalue weighted by Crippen LogP contribution is -2.53. The topological polar surface area (TPSA) is 115 Å². The summed E-state index contributed by atoms with van der Waals surface area (Å²) >= 11 is 0. The van der Waals surface area contributed by atoms with Crippen molar-refractivity contribution in [2.45, 2.75) is 70.7 Å². The van der Waals surface area contributed by atoms with Crippen LogP contribution in [0.3, 0.4) is 0 Å². The van der Waals surface area contributed by atoms with Gasteiger partial charge in [-0.3, -0.25) is 14.5 Å². The number of aromatic nitrogens is 1. The van der Waals surface area contributed by atoms with Gasteiger partial charge in [0.2, 0.25) is 5.91 Å². The van der Waals surface area contributed by atoms with Gasteiger partial charge in [-0.15, -0.1) is 0 Å². The van der Waals surface area contributed by atoms with Crippen molar-refractivity contribution in [1.82, 2.24) is 20.1 Å². The van der Waals surface area contributed by atoms with E-state index in [0.29, 0.717) is 32.4 Å². The van der Waals surface area contributed by atoms with E-state index in [9.17, 15) is 19.5 Å². The number of hydrogen-bond acceptors (Lipinski definition) is 5. The molecule has 9 nitrogen and oxygen atoms in total. The van der Waals surface area contributed by atoms with E-state index in [1.807, 2.05) is 91.1 Å². The number of rotatable bonds is 15. The van der Waals surface area contributed by atoms with E-state index < -0.39 is 23.7 Å². The number of nitrogens with zero attached hydrogens (tertiary/aromatic N) is 2. The number of aliphatic carboxylic acids is 1. The zero-order valence-electron chi connectivity index (χ0n) is 27.2. The minimum atomic E-state index is -0.886. The number of carbonyl (C=O) groups is 3. The van der Waals surface area contributed by atoms with Crippen LogP contribution in [0.25, 0.3) is 10.9 Å². The predicted octanol–water partition coefficient (Wildman–Crippen LogP) is 6.04. The van der Waals surface area contributed by atoms with E-state index in [1.54, 1.807) is 32.7 Å². The molecule has 1 heterocycles. The lowest BCUT2D eigenvalue weighted by Gasteiger charge is -2.35. The molecule has 1 aromatic heterocycles. The molecule has 0 saturated carbocycles. The third-order valence-corrected chi connectivity index (χ3v) is 7.77. The summed E-state index contributed by atoms with van der Waals surface area (Å²) in [6.07, 6.45) is 2.67. The van der Waals surface area contributed by atoms with E-state index in [1.165, 1.54) is 4.90 Å². The number of para-hydroxylation sites is 1. The van der Waals surface area contributed by atoms with Crippen molar-refractivity contribution in [3.63, 3.8) is 0 Å². The quantitative estimate of drug-likeness (QED) is 0.139. The number of likely N-dealkylation sites (N-methyl/N-ethyl adjacent to an activating group) is 1. The number of carbonyl (C=O) groups excluding carboxylic acids is 2. The summed E-state index contributed by atoms with van der Waals surface area (Å²) in [6.45, 7) is 6.52. The van der Waals surface area contributed by atoms with Crippen LogP contribution in [-0.2, 0) is 33.7 Å². The van der Waals surface area contributed by atoms with Crippen molar-refractivity contribution in [1.29, 1.82) is 0 Å². The van der Waals surface area contributed by atoms with Crippen LogP contribution in [0.1, 0.15) is 50.3 Å².